The number of halogens is 1. The lowest BCUT2D eigenvalue weighted by molar-refractivity contribution is -0.133. The van der Waals surface area contributed by atoms with Crippen LogP contribution in [0.2, 0.25) is 5.02 Å². The molecule has 9 heteroatoms. The lowest BCUT2D eigenvalue weighted by Crippen LogP contribution is -2.44. The standard InChI is InChI=1S/C16H19ClN4O4/c1-10-15(24)20(9-13(22)18-8-14(23)19(2)3)16(25)21(10)12-6-4-11(17)5-7-12/h4-7,10H,8-9H2,1-3H3,(H,18,22). The molecule has 1 aromatic carbocycles. The van der Waals surface area contributed by atoms with Crippen LogP contribution >= 0.6 is 11.6 Å². The maximum Gasteiger partial charge on any atom is 0.332 e. The molecule has 1 N–H and O–H groups in total. The van der Waals surface area contributed by atoms with Gasteiger partial charge in [-0.15, -0.1) is 0 Å². The monoisotopic (exact) mass is 366 g/mol. The largest absolute Gasteiger partial charge is 0.347 e. The van der Waals surface area contributed by atoms with Crippen LogP contribution in [0.1, 0.15) is 6.92 Å². The molecule has 0 radical (unpaired) electrons. The van der Waals surface area contributed by atoms with Crippen LogP contribution in [0.5, 0.6) is 0 Å². The molecule has 0 spiro atoms. The number of hydrogen-bond donors (Lipinski definition) is 1. The Morgan fingerprint density at radius 3 is 2.36 bits per heavy atom. The van der Waals surface area contributed by atoms with Crippen molar-refractivity contribution in [3.63, 3.8) is 0 Å². The third-order valence-electron chi connectivity index (χ3n) is 3.79. The summed E-state index contributed by atoms with van der Waals surface area (Å²) in [5, 5.41) is 2.91. The van der Waals surface area contributed by atoms with E-state index in [-0.39, 0.29) is 12.5 Å². The number of carbonyl (C=O) groups excluding carboxylic acids is 4. The molecule has 1 atom stereocenters. The Bertz CT molecular complexity index is 705. The van der Waals surface area contributed by atoms with Crippen LogP contribution in [0.4, 0.5) is 10.5 Å². The van der Waals surface area contributed by atoms with Gasteiger partial charge >= 0.3 is 6.03 Å². The van der Waals surface area contributed by atoms with Gasteiger partial charge in [0.2, 0.25) is 11.8 Å². The second-order valence-corrected chi connectivity index (χ2v) is 6.23. The van der Waals surface area contributed by atoms with Crippen molar-refractivity contribution in [2.24, 2.45) is 0 Å². The highest BCUT2D eigenvalue weighted by atomic mass is 35.5. The molecule has 1 aliphatic rings. The SMILES string of the molecule is CC1C(=O)N(CC(=O)NCC(=O)N(C)C)C(=O)N1c1ccc(Cl)cc1. The molecule has 0 bridgehead atoms. The van der Waals surface area contributed by atoms with Gasteiger partial charge in [0.1, 0.15) is 12.6 Å². The minimum Gasteiger partial charge on any atom is -0.347 e. The van der Waals surface area contributed by atoms with Crippen LogP contribution in [0, 0.1) is 0 Å². The van der Waals surface area contributed by atoms with Crippen molar-refractivity contribution in [2.45, 2.75) is 13.0 Å². The molecule has 134 valence electrons. The summed E-state index contributed by atoms with van der Waals surface area (Å²) < 4.78 is 0. The van der Waals surface area contributed by atoms with Crippen LogP contribution in [0.3, 0.4) is 0 Å². The molecule has 1 heterocycles. The summed E-state index contributed by atoms with van der Waals surface area (Å²) >= 11 is 5.84. The predicted octanol–water partition coefficient (Wildman–Crippen LogP) is 0.701. The molecule has 0 aliphatic carbocycles. The molecule has 1 saturated heterocycles. The average Bonchev–Trinajstić information content (AvgIpc) is 2.77. The second kappa shape index (κ2) is 7.52. The van der Waals surface area contributed by atoms with Gasteiger partial charge in [0, 0.05) is 24.8 Å². The normalized spacial score (nSPS) is 17.0. The van der Waals surface area contributed by atoms with Gasteiger partial charge in [-0.1, -0.05) is 11.6 Å². The van der Waals surface area contributed by atoms with Crippen molar-refractivity contribution in [1.29, 1.82) is 0 Å². The first kappa shape index (κ1) is 18.7. The Morgan fingerprint density at radius 1 is 1.20 bits per heavy atom. The van der Waals surface area contributed by atoms with Gasteiger partial charge in [-0.2, -0.15) is 0 Å². The predicted molar refractivity (Wildman–Crippen MR) is 92.2 cm³/mol. The molecule has 8 nitrogen and oxygen atoms in total. The lowest BCUT2D eigenvalue weighted by atomic mass is 10.2. The Balaban J connectivity index is 2.06. The van der Waals surface area contributed by atoms with Crippen LogP contribution in [-0.4, -0.2) is 66.8 Å². The van der Waals surface area contributed by atoms with Gasteiger partial charge in [-0.05, 0) is 31.2 Å². The zero-order valence-electron chi connectivity index (χ0n) is 14.2. The van der Waals surface area contributed by atoms with Gasteiger partial charge in [0.05, 0.1) is 6.54 Å². The zero-order chi connectivity index (χ0) is 18.7. The minimum atomic E-state index is -0.732. The van der Waals surface area contributed by atoms with Crippen molar-refractivity contribution in [1.82, 2.24) is 15.1 Å². The van der Waals surface area contributed by atoms with Gasteiger partial charge in [0.15, 0.2) is 0 Å². The van der Waals surface area contributed by atoms with Crippen molar-refractivity contribution in [3.05, 3.63) is 29.3 Å². The molecule has 1 fully saturated rings. The molecular formula is C16H19ClN4O4. The fraction of sp³-hybridized carbons (Fsp3) is 0.375. The molecule has 0 aromatic heterocycles. The Hall–Kier alpha value is -2.61. The summed E-state index contributed by atoms with van der Waals surface area (Å²) in [5.41, 5.74) is 0.515. The van der Waals surface area contributed by atoms with E-state index in [0.717, 1.165) is 4.90 Å². The first-order valence-electron chi connectivity index (χ1n) is 7.59. The van der Waals surface area contributed by atoms with E-state index in [1.807, 2.05) is 0 Å². The molecule has 0 saturated carbocycles. The molecule has 1 aromatic rings. The number of urea groups is 1. The maximum absolute atomic E-state index is 12.5. The number of anilines is 1. The van der Waals surface area contributed by atoms with E-state index in [1.165, 1.54) is 9.80 Å². The van der Waals surface area contributed by atoms with E-state index < -0.39 is 30.4 Å². The van der Waals surface area contributed by atoms with E-state index in [1.54, 1.807) is 45.3 Å². The summed E-state index contributed by atoms with van der Waals surface area (Å²) in [6, 6.07) is 5.17. The third kappa shape index (κ3) is 4.08. The molecule has 2 rings (SSSR count). The smallest absolute Gasteiger partial charge is 0.332 e. The van der Waals surface area contributed by atoms with E-state index in [9.17, 15) is 19.2 Å². The minimum absolute atomic E-state index is 0.196. The summed E-state index contributed by atoms with van der Waals surface area (Å²) in [4.78, 5) is 51.8. The van der Waals surface area contributed by atoms with Gasteiger partial charge in [-0.3, -0.25) is 24.2 Å². The molecular weight excluding hydrogens is 348 g/mol. The zero-order valence-corrected chi connectivity index (χ0v) is 14.9. The number of nitrogens with zero attached hydrogens (tertiary/aromatic N) is 3. The number of nitrogens with one attached hydrogen (secondary N) is 1. The van der Waals surface area contributed by atoms with Crippen molar-refractivity contribution >= 4 is 41.0 Å². The van der Waals surface area contributed by atoms with Gasteiger partial charge < -0.3 is 10.2 Å². The summed E-state index contributed by atoms with van der Waals surface area (Å²) in [6.45, 7) is 0.952. The maximum atomic E-state index is 12.5. The number of likely N-dealkylation sites (N-methyl/N-ethyl adjacent to an activating group) is 1. The molecule has 1 unspecified atom stereocenters. The number of imide groups is 1. The number of carbonyl (C=O) groups is 4. The highest BCUT2D eigenvalue weighted by molar-refractivity contribution is 6.30. The van der Waals surface area contributed by atoms with Crippen molar-refractivity contribution in [3.8, 4) is 0 Å². The Morgan fingerprint density at radius 2 is 1.80 bits per heavy atom. The van der Waals surface area contributed by atoms with Crippen LogP contribution in [-0.2, 0) is 14.4 Å². The highest BCUT2D eigenvalue weighted by Crippen LogP contribution is 2.26. The van der Waals surface area contributed by atoms with E-state index in [2.05, 4.69) is 5.32 Å². The Kier molecular flexibility index (Phi) is 5.63. The quantitative estimate of drug-likeness (QED) is 0.777. The fourth-order valence-electron chi connectivity index (χ4n) is 2.34. The number of rotatable bonds is 5. The topological polar surface area (TPSA) is 90.0 Å². The van der Waals surface area contributed by atoms with Crippen molar-refractivity contribution in [2.75, 3.05) is 32.1 Å². The Labute approximate surface area is 150 Å². The summed E-state index contributed by atoms with van der Waals surface area (Å²) in [5.74, 6) is -1.35. The van der Waals surface area contributed by atoms with Gasteiger partial charge in [-0.25, -0.2) is 4.79 Å². The first-order chi connectivity index (χ1) is 11.7. The molecule has 25 heavy (non-hydrogen) atoms. The average molecular weight is 367 g/mol. The lowest BCUT2D eigenvalue weighted by Gasteiger charge is -2.19. The van der Waals surface area contributed by atoms with Gasteiger partial charge in [0.25, 0.3) is 5.91 Å². The third-order valence-corrected chi connectivity index (χ3v) is 4.04. The van der Waals surface area contributed by atoms with Crippen LogP contribution in [0.25, 0.3) is 0 Å². The summed E-state index contributed by atoms with van der Waals surface area (Å²) in [7, 11) is 3.13. The van der Waals surface area contributed by atoms with Crippen molar-refractivity contribution < 1.29 is 19.2 Å². The number of hydrogen-bond acceptors (Lipinski definition) is 4. The number of amides is 5. The molecule has 1 aliphatic heterocycles. The van der Waals surface area contributed by atoms with E-state index >= 15 is 0 Å². The fourth-order valence-corrected chi connectivity index (χ4v) is 2.47. The van der Waals surface area contributed by atoms with E-state index in [0.29, 0.717) is 10.7 Å². The number of benzene rings is 1. The molecule has 5 amide bonds. The second-order valence-electron chi connectivity index (χ2n) is 5.79. The highest BCUT2D eigenvalue weighted by Gasteiger charge is 2.44. The summed E-state index contributed by atoms with van der Waals surface area (Å²) in [6.07, 6.45) is 0. The van der Waals surface area contributed by atoms with Crippen LogP contribution < -0.4 is 10.2 Å². The van der Waals surface area contributed by atoms with Crippen LogP contribution in [0.15, 0.2) is 24.3 Å². The first-order valence-corrected chi connectivity index (χ1v) is 7.97. The van der Waals surface area contributed by atoms with E-state index in [4.69, 9.17) is 11.6 Å².